The van der Waals surface area contributed by atoms with Gasteiger partial charge in [0, 0.05) is 17.8 Å². The lowest BCUT2D eigenvalue weighted by Crippen LogP contribution is -2.48. The van der Waals surface area contributed by atoms with Crippen LogP contribution in [-0.2, 0) is 9.53 Å². The Labute approximate surface area is 233 Å². The molecule has 1 unspecified atom stereocenters. The Balaban J connectivity index is 1.54. The van der Waals surface area contributed by atoms with Crippen LogP contribution >= 0.6 is 0 Å². The van der Waals surface area contributed by atoms with Crippen molar-refractivity contribution in [2.75, 3.05) is 18.5 Å². The summed E-state index contributed by atoms with van der Waals surface area (Å²) < 4.78 is 5.49. The number of nitrogens with zero attached hydrogens (tertiary/aromatic N) is 1. The number of anilines is 1. The normalized spacial score (nSPS) is 15.1. The Morgan fingerprint density at radius 1 is 0.875 bits per heavy atom. The fourth-order valence-electron chi connectivity index (χ4n) is 5.00. The third-order valence-electron chi connectivity index (χ3n) is 6.81. The molecular weight excluding hydrogens is 502 g/mol. The van der Waals surface area contributed by atoms with E-state index in [1.807, 2.05) is 79.7 Å². The average Bonchev–Trinajstić information content (AvgIpc) is 2.98. The van der Waals surface area contributed by atoms with Gasteiger partial charge < -0.3 is 15.4 Å². The Morgan fingerprint density at radius 3 is 2.38 bits per heavy atom. The van der Waals surface area contributed by atoms with Gasteiger partial charge in [-0.25, -0.2) is 9.59 Å². The Hall–Kier alpha value is -4.91. The van der Waals surface area contributed by atoms with Crippen molar-refractivity contribution in [1.82, 2.24) is 10.2 Å². The van der Waals surface area contributed by atoms with Crippen LogP contribution in [0, 0.1) is 0 Å². The van der Waals surface area contributed by atoms with E-state index in [-0.39, 0.29) is 18.5 Å². The number of ether oxygens (including phenoxy) is 1. The highest BCUT2D eigenvalue weighted by atomic mass is 16.5. The van der Waals surface area contributed by atoms with E-state index < -0.39 is 12.0 Å². The number of carbonyl (C=O) groups is 3. The maximum atomic E-state index is 13.4. The van der Waals surface area contributed by atoms with Gasteiger partial charge in [-0.15, -0.1) is 0 Å². The number of urea groups is 1. The first-order valence-electron chi connectivity index (χ1n) is 13.4. The predicted molar refractivity (Wildman–Crippen MR) is 157 cm³/mol. The molecule has 7 nitrogen and oxygen atoms in total. The Kier molecular flexibility index (Phi) is 7.92. The highest BCUT2D eigenvalue weighted by Gasteiger charge is 2.38. The maximum Gasteiger partial charge on any atom is 0.338 e. The van der Waals surface area contributed by atoms with Crippen molar-refractivity contribution in [1.29, 1.82) is 0 Å². The summed E-state index contributed by atoms with van der Waals surface area (Å²) in [6.45, 7) is 4.37. The smallest absolute Gasteiger partial charge is 0.338 e. The van der Waals surface area contributed by atoms with E-state index in [0.29, 0.717) is 41.1 Å². The summed E-state index contributed by atoms with van der Waals surface area (Å²) in [6.07, 6.45) is 0.709. The van der Waals surface area contributed by atoms with Crippen LogP contribution in [0.2, 0.25) is 0 Å². The molecule has 0 aliphatic carbocycles. The molecule has 2 N–H and O–H groups in total. The van der Waals surface area contributed by atoms with E-state index in [0.717, 1.165) is 16.3 Å². The van der Waals surface area contributed by atoms with Crippen molar-refractivity contribution in [2.45, 2.75) is 26.3 Å². The van der Waals surface area contributed by atoms with Gasteiger partial charge in [0.25, 0.3) is 5.91 Å². The molecule has 0 saturated carbocycles. The summed E-state index contributed by atoms with van der Waals surface area (Å²) in [6, 6.07) is 28.9. The van der Waals surface area contributed by atoms with Crippen molar-refractivity contribution >= 4 is 40.1 Å². The van der Waals surface area contributed by atoms with Gasteiger partial charge in [0.1, 0.15) is 0 Å². The number of esters is 1. The number of amides is 3. The molecule has 3 amide bonds. The lowest BCUT2D eigenvalue weighted by Gasteiger charge is -2.37. The molecule has 1 heterocycles. The zero-order valence-electron chi connectivity index (χ0n) is 22.5. The van der Waals surface area contributed by atoms with Crippen LogP contribution < -0.4 is 10.6 Å². The standard InChI is InChI=1S/C33H31N3O4/c1-3-19-36-30(23-12-6-5-7-13-23)28(32(38)40-4-2)29(35-33(36)39)25-15-10-16-27(21-25)34-31(37)26-18-17-22-11-8-9-14-24(22)20-26/h5-18,20-21,29H,3-4,19H2,1-2H3,(H,34,37)(H,35,39). The van der Waals surface area contributed by atoms with Gasteiger partial charge in [0.05, 0.1) is 23.9 Å². The van der Waals surface area contributed by atoms with E-state index in [1.165, 1.54) is 0 Å². The van der Waals surface area contributed by atoms with E-state index in [2.05, 4.69) is 10.6 Å². The van der Waals surface area contributed by atoms with E-state index in [4.69, 9.17) is 4.74 Å². The number of hydrogen-bond acceptors (Lipinski definition) is 4. The SMILES string of the molecule is CCCN1C(=O)NC(c2cccc(NC(=O)c3ccc4ccccc4c3)c2)C(C(=O)OCC)=C1c1ccccc1. The lowest BCUT2D eigenvalue weighted by atomic mass is 9.91. The fraction of sp³-hybridized carbons (Fsp3) is 0.182. The van der Waals surface area contributed by atoms with Crippen molar-refractivity contribution in [2.24, 2.45) is 0 Å². The van der Waals surface area contributed by atoms with Crippen LogP contribution in [0.15, 0.2) is 103 Å². The molecule has 0 saturated heterocycles. The molecule has 40 heavy (non-hydrogen) atoms. The van der Waals surface area contributed by atoms with Crippen molar-refractivity contribution < 1.29 is 19.1 Å². The van der Waals surface area contributed by atoms with E-state index in [9.17, 15) is 14.4 Å². The van der Waals surface area contributed by atoms with Crippen LogP contribution in [0.3, 0.4) is 0 Å². The summed E-state index contributed by atoms with van der Waals surface area (Å²) in [5, 5.41) is 7.99. The minimum absolute atomic E-state index is 0.195. The zero-order valence-corrected chi connectivity index (χ0v) is 22.5. The van der Waals surface area contributed by atoms with Crippen LogP contribution in [-0.4, -0.2) is 36.0 Å². The van der Waals surface area contributed by atoms with Crippen LogP contribution in [0.5, 0.6) is 0 Å². The molecule has 7 heteroatoms. The molecule has 202 valence electrons. The third kappa shape index (κ3) is 5.45. The van der Waals surface area contributed by atoms with Gasteiger partial charge in [-0.1, -0.05) is 79.7 Å². The summed E-state index contributed by atoms with van der Waals surface area (Å²) in [7, 11) is 0. The van der Waals surface area contributed by atoms with Crippen molar-refractivity contribution in [3.05, 3.63) is 119 Å². The van der Waals surface area contributed by atoms with Crippen molar-refractivity contribution in [3.63, 3.8) is 0 Å². The van der Waals surface area contributed by atoms with E-state index in [1.54, 1.807) is 36.1 Å². The molecule has 5 rings (SSSR count). The molecule has 4 aromatic carbocycles. The first-order chi connectivity index (χ1) is 19.5. The highest BCUT2D eigenvalue weighted by Crippen LogP contribution is 2.37. The van der Waals surface area contributed by atoms with Crippen LogP contribution in [0.25, 0.3) is 16.5 Å². The first-order valence-corrected chi connectivity index (χ1v) is 13.4. The molecule has 0 radical (unpaired) electrons. The third-order valence-corrected chi connectivity index (χ3v) is 6.81. The maximum absolute atomic E-state index is 13.4. The van der Waals surface area contributed by atoms with Gasteiger partial charge in [-0.3, -0.25) is 9.69 Å². The lowest BCUT2D eigenvalue weighted by molar-refractivity contribution is -0.138. The van der Waals surface area contributed by atoms with Crippen LogP contribution in [0.4, 0.5) is 10.5 Å². The van der Waals surface area contributed by atoms with Gasteiger partial charge in [-0.05, 0) is 59.5 Å². The minimum atomic E-state index is -0.771. The fourth-order valence-corrected chi connectivity index (χ4v) is 5.00. The molecule has 0 spiro atoms. The number of nitrogens with one attached hydrogen (secondary N) is 2. The first kappa shape index (κ1) is 26.7. The molecular formula is C33H31N3O4. The van der Waals surface area contributed by atoms with E-state index >= 15 is 0 Å². The second-order valence-corrected chi connectivity index (χ2v) is 9.52. The second-order valence-electron chi connectivity index (χ2n) is 9.52. The van der Waals surface area contributed by atoms with Gasteiger partial charge in [0.15, 0.2) is 0 Å². The van der Waals surface area contributed by atoms with Gasteiger partial charge >= 0.3 is 12.0 Å². The molecule has 1 atom stereocenters. The minimum Gasteiger partial charge on any atom is -0.463 e. The molecule has 0 fully saturated rings. The van der Waals surface area contributed by atoms with Gasteiger partial charge in [-0.2, -0.15) is 0 Å². The average molecular weight is 534 g/mol. The van der Waals surface area contributed by atoms with Crippen molar-refractivity contribution in [3.8, 4) is 0 Å². The molecule has 0 bridgehead atoms. The Bertz CT molecular complexity index is 1600. The second kappa shape index (κ2) is 11.9. The quantitative estimate of drug-likeness (QED) is 0.252. The number of hydrogen-bond donors (Lipinski definition) is 2. The number of rotatable bonds is 8. The monoisotopic (exact) mass is 533 g/mol. The largest absolute Gasteiger partial charge is 0.463 e. The van der Waals surface area contributed by atoms with Gasteiger partial charge in [0.2, 0.25) is 0 Å². The molecule has 1 aliphatic heterocycles. The topological polar surface area (TPSA) is 87.7 Å². The Morgan fingerprint density at radius 2 is 1.62 bits per heavy atom. The summed E-state index contributed by atoms with van der Waals surface area (Å²) in [4.78, 5) is 41.6. The number of fused-ring (bicyclic) bond motifs is 1. The molecule has 0 aromatic heterocycles. The molecule has 4 aromatic rings. The summed E-state index contributed by atoms with van der Waals surface area (Å²) in [5.74, 6) is -0.756. The number of carbonyl (C=O) groups excluding carboxylic acids is 3. The predicted octanol–water partition coefficient (Wildman–Crippen LogP) is 6.54. The zero-order chi connectivity index (χ0) is 28.1. The number of benzene rings is 4. The van der Waals surface area contributed by atoms with Crippen LogP contribution in [0.1, 0.15) is 47.8 Å². The molecule has 1 aliphatic rings. The summed E-state index contributed by atoms with van der Waals surface area (Å²) in [5.41, 5.74) is 3.35. The highest BCUT2D eigenvalue weighted by molar-refractivity contribution is 6.07. The summed E-state index contributed by atoms with van der Waals surface area (Å²) >= 11 is 0.